The average molecular weight is 234 g/mol. The van der Waals surface area contributed by atoms with Crippen molar-refractivity contribution in [2.75, 3.05) is 0 Å². The van der Waals surface area contributed by atoms with Crippen LogP contribution in [0.15, 0.2) is 60.7 Å². The maximum Gasteiger partial charge on any atom is 0.279 e. The summed E-state index contributed by atoms with van der Waals surface area (Å²) in [5.74, 6) is 0.446. The van der Waals surface area contributed by atoms with Crippen molar-refractivity contribution in [1.29, 1.82) is 0 Å². The Kier molecular flexibility index (Phi) is 3.70. The highest BCUT2D eigenvalue weighted by molar-refractivity contribution is 5.24. The molecule has 0 fully saturated rings. The second kappa shape index (κ2) is 5.43. The maximum atomic E-state index is 12.9. The molecule has 0 aromatic heterocycles. The maximum absolute atomic E-state index is 12.9. The molecular formula is C14H12F2O. The molecule has 3 heteroatoms. The lowest BCUT2D eigenvalue weighted by Gasteiger charge is -2.18. The number of ether oxygens (including phenoxy) is 1. The third-order valence-corrected chi connectivity index (χ3v) is 2.36. The molecule has 1 nitrogen and oxygen atoms in total. The van der Waals surface area contributed by atoms with Gasteiger partial charge in [0.05, 0.1) is 0 Å². The molecule has 0 bridgehead atoms. The predicted molar refractivity (Wildman–Crippen MR) is 62.3 cm³/mol. The molecule has 0 aliphatic rings. The minimum atomic E-state index is -2.56. The molecule has 2 rings (SSSR count). The van der Waals surface area contributed by atoms with Crippen LogP contribution in [0.3, 0.4) is 0 Å². The van der Waals surface area contributed by atoms with Gasteiger partial charge in [-0.05, 0) is 17.7 Å². The van der Waals surface area contributed by atoms with Crippen LogP contribution in [0.2, 0.25) is 0 Å². The van der Waals surface area contributed by atoms with Gasteiger partial charge in [-0.2, -0.15) is 0 Å². The van der Waals surface area contributed by atoms with E-state index in [1.54, 1.807) is 54.6 Å². The van der Waals surface area contributed by atoms with Crippen molar-refractivity contribution in [2.24, 2.45) is 0 Å². The van der Waals surface area contributed by atoms with E-state index in [4.69, 9.17) is 4.74 Å². The summed E-state index contributed by atoms with van der Waals surface area (Å²) in [6.45, 7) is 0. The number of rotatable bonds is 4. The van der Waals surface area contributed by atoms with Gasteiger partial charge in [-0.15, -0.1) is 0 Å². The number of para-hydroxylation sites is 1. The lowest BCUT2D eigenvalue weighted by Crippen LogP contribution is -2.16. The predicted octanol–water partition coefficient (Wildman–Crippen LogP) is 4.07. The lowest BCUT2D eigenvalue weighted by molar-refractivity contribution is 0.0104. The third-order valence-electron chi connectivity index (χ3n) is 2.36. The summed E-state index contributed by atoms with van der Waals surface area (Å²) in [6, 6.07) is 17.2. The zero-order valence-corrected chi connectivity index (χ0v) is 9.09. The first kappa shape index (κ1) is 11.6. The fourth-order valence-corrected chi connectivity index (χ4v) is 1.55. The van der Waals surface area contributed by atoms with Crippen LogP contribution in [0.1, 0.15) is 11.7 Å². The van der Waals surface area contributed by atoms with Gasteiger partial charge in [-0.25, -0.2) is 8.78 Å². The van der Waals surface area contributed by atoms with Crippen LogP contribution >= 0.6 is 0 Å². The Morgan fingerprint density at radius 2 is 1.29 bits per heavy atom. The largest absolute Gasteiger partial charge is 0.480 e. The molecule has 17 heavy (non-hydrogen) atoms. The van der Waals surface area contributed by atoms with Crippen molar-refractivity contribution in [3.63, 3.8) is 0 Å². The summed E-state index contributed by atoms with van der Waals surface area (Å²) in [7, 11) is 0. The number of alkyl halides is 2. The molecule has 1 unspecified atom stereocenters. The van der Waals surface area contributed by atoms with Crippen LogP contribution in [-0.2, 0) is 0 Å². The van der Waals surface area contributed by atoms with Crippen molar-refractivity contribution < 1.29 is 13.5 Å². The lowest BCUT2D eigenvalue weighted by atomic mass is 10.1. The van der Waals surface area contributed by atoms with E-state index in [2.05, 4.69) is 0 Å². The van der Waals surface area contributed by atoms with Crippen molar-refractivity contribution in [2.45, 2.75) is 12.5 Å². The Labute approximate surface area is 98.7 Å². The third kappa shape index (κ3) is 3.03. The molecule has 0 aliphatic carbocycles. The standard InChI is InChI=1S/C14H12F2O/c15-14(16)13(11-7-3-1-4-8-11)17-12-9-5-2-6-10-12/h1-10,13-14H. The molecule has 88 valence electrons. The highest BCUT2D eigenvalue weighted by Gasteiger charge is 2.24. The SMILES string of the molecule is FC(F)C(Oc1ccccc1)c1ccccc1. The topological polar surface area (TPSA) is 9.23 Å². The first-order valence-corrected chi connectivity index (χ1v) is 5.32. The van der Waals surface area contributed by atoms with Crippen molar-refractivity contribution >= 4 is 0 Å². The zero-order chi connectivity index (χ0) is 12.1. The van der Waals surface area contributed by atoms with Crippen molar-refractivity contribution in [3.05, 3.63) is 66.2 Å². The summed E-state index contributed by atoms with van der Waals surface area (Å²) in [4.78, 5) is 0. The first-order valence-electron chi connectivity index (χ1n) is 5.32. The van der Waals surface area contributed by atoms with E-state index in [9.17, 15) is 8.78 Å². The Bertz CT molecular complexity index is 442. The highest BCUT2D eigenvalue weighted by Crippen LogP contribution is 2.26. The van der Waals surface area contributed by atoms with Crippen LogP contribution < -0.4 is 4.74 Å². The van der Waals surface area contributed by atoms with Crippen LogP contribution in [0.5, 0.6) is 5.75 Å². The molecule has 2 aromatic carbocycles. The molecule has 0 heterocycles. The smallest absolute Gasteiger partial charge is 0.279 e. The van der Waals surface area contributed by atoms with Crippen LogP contribution in [0.25, 0.3) is 0 Å². The molecule has 0 radical (unpaired) electrons. The van der Waals surface area contributed by atoms with E-state index in [0.29, 0.717) is 11.3 Å². The van der Waals surface area contributed by atoms with Gasteiger partial charge in [-0.3, -0.25) is 0 Å². The van der Waals surface area contributed by atoms with Crippen LogP contribution in [0.4, 0.5) is 8.78 Å². The summed E-state index contributed by atoms with van der Waals surface area (Å²) in [5, 5.41) is 0. The minimum absolute atomic E-state index is 0.446. The molecular weight excluding hydrogens is 222 g/mol. The average Bonchev–Trinajstić information content (AvgIpc) is 2.38. The second-order valence-corrected chi connectivity index (χ2v) is 3.60. The Balaban J connectivity index is 2.20. The highest BCUT2D eigenvalue weighted by atomic mass is 19.3. The van der Waals surface area contributed by atoms with Crippen LogP contribution in [-0.4, -0.2) is 6.43 Å². The molecule has 0 amide bonds. The van der Waals surface area contributed by atoms with Gasteiger partial charge in [0.1, 0.15) is 5.75 Å². The van der Waals surface area contributed by atoms with Crippen molar-refractivity contribution in [1.82, 2.24) is 0 Å². The van der Waals surface area contributed by atoms with E-state index < -0.39 is 12.5 Å². The second-order valence-electron chi connectivity index (χ2n) is 3.60. The van der Waals surface area contributed by atoms with E-state index >= 15 is 0 Å². The molecule has 0 N–H and O–H groups in total. The Morgan fingerprint density at radius 1 is 0.765 bits per heavy atom. The quantitative estimate of drug-likeness (QED) is 0.774. The van der Waals surface area contributed by atoms with Gasteiger partial charge in [0.15, 0.2) is 6.10 Å². The summed E-state index contributed by atoms with van der Waals surface area (Å²) >= 11 is 0. The molecule has 1 atom stereocenters. The van der Waals surface area contributed by atoms with Crippen molar-refractivity contribution in [3.8, 4) is 5.75 Å². The van der Waals surface area contributed by atoms with Gasteiger partial charge in [0.25, 0.3) is 6.43 Å². The number of hydrogen-bond acceptors (Lipinski definition) is 1. The Morgan fingerprint density at radius 3 is 1.82 bits per heavy atom. The van der Waals surface area contributed by atoms with E-state index in [1.807, 2.05) is 6.07 Å². The van der Waals surface area contributed by atoms with Crippen LogP contribution in [0, 0.1) is 0 Å². The van der Waals surface area contributed by atoms with Gasteiger partial charge >= 0.3 is 0 Å². The number of hydrogen-bond donors (Lipinski definition) is 0. The van der Waals surface area contributed by atoms with Gasteiger partial charge in [0, 0.05) is 0 Å². The summed E-state index contributed by atoms with van der Waals surface area (Å²) in [5.41, 5.74) is 0.478. The normalized spacial score (nSPS) is 12.4. The Hall–Kier alpha value is -1.90. The molecule has 0 saturated carbocycles. The first-order chi connectivity index (χ1) is 8.27. The number of benzene rings is 2. The van der Waals surface area contributed by atoms with E-state index in [-0.39, 0.29) is 0 Å². The van der Waals surface area contributed by atoms with E-state index in [0.717, 1.165) is 0 Å². The summed E-state index contributed by atoms with van der Waals surface area (Å²) < 4.78 is 31.2. The number of halogens is 2. The minimum Gasteiger partial charge on any atom is -0.480 e. The van der Waals surface area contributed by atoms with E-state index in [1.165, 1.54) is 0 Å². The van der Waals surface area contributed by atoms with Gasteiger partial charge in [-0.1, -0.05) is 48.5 Å². The fraction of sp³-hybridized carbons (Fsp3) is 0.143. The molecule has 0 aliphatic heterocycles. The monoisotopic (exact) mass is 234 g/mol. The molecule has 0 spiro atoms. The molecule has 0 saturated heterocycles. The summed E-state index contributed by atoms with van der Waals surface area (Å²) in [6.07, 6.45) is -3.78. The van der Waals surface area contributed by atoms with Gasteiger partial charge in [0.2, 0.25) is 0 Å². The van der Waals surface area contributed by atoms with Gasteiger partial charge < -0.3 is 4.74 Å². The zero-order valence-electron chi connectivity index (χ0n) is 9.09. The fourth-order valence-electron chi connectivity index (χ4n) is 1.55. The molecule has 2 aromatic rings.